The van der Waals surface area contributed by atoms with E-state index in [-0.39, 0.29) is 5.41 Å². The molecule has 4 heteroatoms. The molecule has 0 unspecified atom stereocenters. The summed E-state index contributed by atoms with van der Waals surface area (Å²) in [6.07, 6.45) is 5.01. The van der Waals surface area contributed by atoms with E-state index < -0.39 is 0 Å². The standard InChI is InChI=1S/C8H13N3O/c1-8(2,3)7(10-12)11-5-4-9-6-11/h4-6,12H,1-3H3/b10-7-. The summed E-state index contributed by atoms with van der Waals surface area (Å²) in [5, 5.41) is 12.0. The van der Waals surface area contributed by atoms with Gasteiger partial charge < -0.3 is 5.21 Å². The molecular formula is C8H13N3O. The van der Waals surface area contributed by atoms with Gasteiger partial charge in [0.05, 0.1) is 0 Å². The summed E-state index contributed by atoms with van der Waals surface area (Å²) in [4.78, 5) is 3.88. The van der Waals surface area contributed by atoms with Crippen molar-refractivity contribution in [3.8, 4) is 0 Å². The zero-order chi connectivity index (χ0) is 9.19. The molecule has 0 aliphatic heterocycles. The van der Waals surface area contributed by atoms with Crippen LogP contribution >= 0.6 is 0 Å². The van der Waals surface area contributed by atoms with Crippen LogP contribution in [0, 0.1) is 5.41 Å². The largest absolute Gasteiger partial charge is 0.409 e. The van der Waals surface area contributed by atoms with Crippen LogP contribution < -0.4 is 0 Å². The maximum absolute atomic E-state index is 8.77. The molecule has 0 aliphatic carbocycles. The van der Waals surface area contributed by atoms with Crippen molar-refractivity contribution in [1.29, 1.82) is 0 Å². The van der Waals surface area contributed by atoms with Crippen molar-refractivity contribution in [2.24, 2.45) is 10.6 Å². The van der Waals surface area contributed by atoms with Crippen molar-refractivity contribution in [2.45, 2.75) is 20.8 Å². The van der Waals surface area contributed by atoms with Gasteiger partial charge in [-0.25, -0.2) is 4.98 Å². The lowest BCUT2D eigenvalue weighted by molar-refractivity contribution is 0.307. The Morgan fingerprint density at radius 3 is 2.50 bits per heavy atom. The van der Waals surface area contributed by atoms with E-state index in [9.17, 15) is 0 Å². The number of hydrogen-bond acceptors (Lipinski definition) is 3. The molecule has 66 valence electrons. The molecule has 0 bridgehead atoms. The predicted octanol–water partition coefficient (Wildman–Crippen LogP) is 1.56. The fourth-order valence-corrected chi connectivity index (χ4v) is 0.973. The molecule has 0 aliphatic rings. The van der Waals surface area contributed by atoms with Crippen molar-refractivity contribution in [3.05, 3.63) is 18.7 Å². The first kappa shape index (κ1) is 8.77. The van der Waals surface area contributed by atoms with Gasteiger partial charge in [-0.05, 0) is 0 Å². The second-order valence-electron chi connectivity index (χ2n) is 3.64. The number of imidazole rings is 1. The van der Waals surface area contributed by atoms with Gasteiger partial charge in [0.1, 0.15) is 6.33 Å². The molecule has 1 aromatic rings. The van der Waals surface area contributed by atoms with Crippen molar-refractivity contribution in [1.82, 2.24) is 9.55 Å². The Morgan fingerprint density at radius 1 is 1.50 bits per heavy atom. The summed E-state index contributed by atoms with van der Waals surface area (Å²) in [6, 6.07) is 0. The molecule has 0 saturated heterocycles. The van der Waals surface area contributed by atoms with Crippen LogP contribution in [0.3, 0.4) is 0 Å². The van der Waals surface area contributed by atoms with E-state index in [4.69, 9.17) is 5.21 Å². The molecule has 0 aromatic carbocycles. The van der Waals surface area contributed by atoms with Crippen LogP contribution in [-0.2, 0) is 0 Å². The van der Waals surface area contributed by atoms with Crippen molar-refractivity contribution in [3.63, 3.8) is 0 Å². The van der Waals surface area contributed by atoms with E-state index in [1.54, 1.807) is 23.3 Å². The fraction of sp³-hybridized carbons (Fsp3) is 0.500. The predicted molar refractivity (Wildman–Crippen MR) is 46.3 cm³/mol. The van der Waals surface area contributed by atoms with Crippen LogP contribution in [0.15, 0.2) is 23.9 Å². The fourth-order valence-electron chi connectivity index (χ4n) is 0.973. The first-order valence-electron chi connectivity index (χ1n) is 3.76. The average molecular weight is 167 g/mol. The molecule has 1 aromatic heterocycles. The number of aromatic nitrogens is 2. The minimum atomic E-state index is -0.185. The summed E-state index contributed by atoms with van der Waals surface area (Å²) in [5.74, 6) is 0.583. The van der Waals surface area contributed by atoms with Crippen LogP contribution in [0.5, 0.6) is 0 Å². The zero-order valence-corrected chi connectivity index (χ0v) is 7.52. The number of oxime groups is 1. The quantitative estimate of drug-likeness (QED) is 0.276. The van der Waals surface area contributed by atoms with E-state index >= 15 is 0 Å². The average Bonchev–Trinajstić information content (AvgIpc) is 2.38. The molecule has 1 rings (SSSR count). The van der Waals surface area contributed by atoms with Crippen molar-refractivity contribution in [2.75, 3.05) is 0 Å². The second kappa shape index (κ2) is 2.97. The topological polar surface area (TPSA) is 50.4 Å². The lowest BCUT2D eigenvalue weighted by Crippen LogP contribution is -2.26. The minimum Gasteiger partial charge on any atom is -0.409 e. The van der Waals surface area contributed by atoms with Crippen molar-refractivity contribution >= 4 is 5.84 Å². The maximum atomic E-state index is 8.77. The number of rotatable bonds is 0. The van der Waals surface area contributed by atoms with Crippen LogP contribution in [0.1, 0.15) is 20.8 Å². The molecule has 0 radical (unpaired) electrons. The van der Waals surface area contributed by atoms with E-state index in [0.717, 1.165) is 0 Å². The highest BCUT2D eigenvalue weighted by molar-refractivity contribution is 5.88. The maximum Gasteiger partial charge on any atom is 0.158 e. The van der Waals surface area contributed by atoms with Gasteiger partial charge in [0.25, 0.3) is 0 Å². The Labute approximate surface area is 71.5 Å². The molecule has 0 fully saturated rings. The number of hydrogen-bond donors (Lipinski definition) is 1. The van der Waals surface area contributed by atoms with Gasteiger partial charge in [-0.15, -0.1) is 0 Å². The molecule has 0 amide bonds. The summed E-state index contributed by atoms with van der Waals surface area (Å²) in [6.45, 7) is 5.92. The lowest BCUT2D eigenvalue weighted by Gasteiger charge is -2.19. The SMILES string of the molecule is CC(C)(C)/C(=N/O)n1ccnc1. The normalized spacial score (nSPS) is 13.4. The minimum absolute atomic E-state index is 0.185. The highest BCUT2D eigenvalue weighted by atomic mass is 16.4. The molecule has 0 atom stereocenters. The summed E-state index contributed by atoms with van der Waals surface area (Å²) in [7, 11) is 0. The molecule has 1 heterocycles. The Hall–Kier alpha value is -1.32. The smallest absolute Gasteiger partial charge is 0.158 e. The van der Waals surface area contributed by atoms with Crippen LogP contribution in [0.4, 0.5) is 0 Å². The third kappa shape index (κ3) is 1.64. The second-order valence-corrected chi connectivity index (χ2v) is 3.64. The Morgan fingerprint density at radius 2 is 2.17 bits per heavy atom. The van der Waals surface area contributed by atoms with E-state index in [2.05, 4.69) is 10.1 Å². The third-order valence-corrected chi connectivity index (χ3v) is 1.51. The van der Waals surface area contributed by atoms with Crippen LogP contribution in [0.2, 0.25) is 0 Å². The molecule has 0 spiro atoms. The Bertz CT molecular complexity index is 269. The highest BCUT2D eigenvalue weighted by Crippen LogP contribution is 2.16. The zero-order valence-electron chi connectivity index (χ0n) is 7.52. The lowest BCUT2D eigenvalue weighted by atomic mass is 9.95. The van der Waals surface area contributed by atoms with Gasteiger partial charge >= 0.3 is 0 Å². The highest BCUT2D eigenvalue weighted by Gasteiger charge is 2.20. The number of nitrogens with zero attached hydrogens (tertiary/aromatic N) is 3. The van der Waals surface area contributed by atoms with E-state index in [0.29, 0.717) is 5.84 Å². The summed E-state index contributed by atoms with van der Waals surface area (Å²) < 4.78 is 1.69. The van der Waals surface area contributed by atoms with Gasteiger partial charge in [-0.2, -0.15) is 0 Å². The Kier molecular flexibility index (Phi) is 2.17. The van der Waals surface area contributed by atoms with Gasteiger partial charge in [-0.3, -0.25) is 4.57 Å². The van der Waals surface area contributed by atoms with Gasteiger partial charge in [0.15, 0.2) is 5.84 Å². The van der Waals surface area contributed by atoms with Crippen LogP contribution in [-0.4, -0.2) is 20.6 Å². The molecule has 0 saturated carbocycles. The first-order valence-corrected chi connectivity index (χ1v) is 3.76. The molecular weight excluding hydrogens is 154 g/mol. The summed E-state index contributed by atoms with van der Waals surface area (Å²) in [5.41, 5.74) is -0.185. The van der Waals surface area contributed by atoms with Gasteiger partial charge in [0.2, 0.25) is 0 Å². The first-order chi connectivity index (χ1) is 5.55. The van der Waals surface area contributed by atoms with Gasteiger partial charge in [-0.1, -0.05) is 25.9 Å². The monoisotopic (exact) mass is 167 g/mol. The third-order valence-electron chi connectivity index (χ3n) is 1.51. The van der Waals surface area contributed by atoms with Crippen molar-refractivity contribution < 1.29 is 5.21 Å². The molecule has 12 heavy (non-hydrogen) atoms. The summed E-state index contributed by atoms with van der Waals surface area (Å²) >= 11 is 0. The molecule has 4 nitrogen and oxygen atoms in total. The van der Waals surface area contributed by atoms with E-state index in [1.807, 2.05) is 20.8 Å². The molecule has 1 N–H and O–H groups in total. The van der Waals surface area contributed by atoms with Crippen LogP contribution in [0.25, 0.3) is 0 Å². The Balaban J connectivity index is 3.01. The van der Waals surface area contributed by atoms with Gasteiger partial charge in [0, 0.05) is 17.8 Å². The van der Waals surface area contributed by atoms with E-state index in [1.165, 1.54) is 0 Å².